The monoisotopic (exact) mass is 388 g/mol. The van der Waals surface area contributed by atoms with Gasteiger partial charge in [0.1, 0.15) is 5.75 Å². The van der Waals surface area contributed by atoms with Crippen LogP contribution < -0.4 is 19.9 Å². The number of hydrogen-bond donors (Lipinski definition) is 2. The Balaban J connectivity index is 1.49. The van der Waals surface area contributed by atoms with Crippen LogP contribution in [0.25, 0.3) is 0 Å². The molecule has 0 spiro atoms. The zero-order valence-electron chi connectivity index (χ0n) is 15.9. The lowest BCUT2D eigenvalue weighted by Crippen LogP contribution is -3.15. The third kappa shape index (κ3) is 5.15. The number of nitrogens with one attached hydrogen (secondary N) is 2. The van der Waals surface area contributed by atoms with Crippen LogP contribution in [0.1, 0.15) is 18.5 Å². The number of benzene rings is 2. The Hall–Kier alpha value is -2.24. The highest BCUT2D eigenvalue weighted by Gasteiger charge is 2.24. The zero-order chi connectivity index (χ0) is 19.2. The van der Waals surface area contributed by atoms with E-state index in [9.17, 15) is 4.79 Å². The summed E-state index contributed by atoms with van der Waals surface area (Å²) in [5.41, 5.74) is 2.14. The average Bonchev–Trinajstić information content (AvgIpc) is 2.68. The van der Waals surface area contributed by atoms with E-state index >= 15 is 0 Å². The number of carbonyl (C=O) groups is 1. The molecule has 0 saturated carbocycles. The molecule has 0 aromatic heterocycles. The van der Waals surface area contributed by atoms with Gasteiger partial charge in [-0.2, -0.15) is 0 Å². The van der Waals surface area contributed by atoms with Gasteiger partial charge in [-0.3, -0.25) is 4.79 Å². The number of halogens is 1. The molecule has 0 unspecified atom stereocenters. The van der Waals surface area contributed by atoms with Crippen molar-refractivity contribution in [2.75, 3.05) is 44.7 Å². The van der Waals surface area contributed by atoms with Crippen molar-refractivity contribution in [3.8, 4) is 5.75 Å². The van der Waals surface area contributed by atoms with Crippen LogP contribution >= 0.6 is 11.6 Å². The van der Waals surface area contributed by atoms with Crippen molar-refractivity contribution in [2.45, 2.75) is 13.0 Å². The van der Waals surface area contributed by atoms with E-state index in [1.165, 1.54) is 4.90 Å². The SMILES string of the molecule is COc1ccccc1N1CC[NH+](CC(=O)N[C@H](C)c2cccc(Cl)c2)CC1. The Kier molecular flexibility index (Phi) is 6.58. The normalized spacial score (nSPS) is 16.0. The largest absolute Gasteiger partial charge is 0.495 e. The van der Waals surface area contributed by atoms with Gasteiger partial charge < -0.3 is 19.9 Å². The van der Waals surface area contributed by atoms with E-state index in [0.717, 1.165) is 43.2 Å². The minimum atomic E-state index is -0.0505. The topological polar surface area (TPSA) is 46.0 Å². The smallest absolute Gasteiger partial charge is 0.275 e. The van der Waals surface area contributed by atoms with Crippen LogP contribution in [0.3, 0.4) is 0 Å². The number of hydrogen-bond acceptors (Lipinski definition) is 3. The second-order valence-corrected chi connectivity index (χ2v) is 7.37. The molecular weight excluding hydrogens is 362 g/mol. The third-order valence-corrected chi connectivity index (χ3v) is 5.27. The van der Waals surface area contributed by atoms with Crippen LogP contribution in [-0.4, -0.2) is 45.7 Å². The summed E-state index contributed by atoms with van der Waals surface area (Å²) in [5, 5.41) is 3.77. The van der Waals surface area contributed by atoms with Gasteiger partial charge in [0.15, 0.2) is 6.54 Å². The van der Waals surface area contributed by atoms with Gasteiger partial charge in [-0.05, 0) is 36.8 Å². The van der Waals surface area contributed by atoms with Gasteiger partial charge in [0.25, 0.3) is 5.91 Å². The fourth-order valence-electron chi connectivity index (χ4n) is 3.51. The molecule has 27 heavy (non-hydrogen) atoms. The van der Waals surface area contributed by atoms with Crippen LogP contribution in [0.2, 0.25) is 5.02 Å². The van der Waals surface area contributed by atoms with Crippen LogP contribution in [0.4, 0.5) is 5.69 Å². The molecule has 5 nitrogen and oxygen atoms in total. The van der Waals surface area contributed by atoms with Crippen LogP contribution in [-0.2, 0) is 4.79 Å². The molecule has 2 aromatic carbocycles. The molecule has 1 aliphatic heterocycles. The van der Waals surface area contributed by atoms with Crippen LogP contribution in [0, 0.1) is 0 Å². The molecule has 0 bridgehead atoms. The van der Waals surface area contributed by atoms with Crippen molar-refractivity contribution in [3.63, 3.8) is 0 Å². The number of amides is 1. The summed E-state index contributed by atoms with van der Waals surface area (Å²) in [4.78, 5) is 16.1. The Morgan fingerprint density at radius 2 is 1.96 bits per heavy atom. The summed E-state index contributed by atoms with van der Waals surface area (Å²) in [6.45, 7) is 6.15. The predicted molar refractivity (Wildman–Crippen MR) is 109 cm³/mol. The first-order chi connectivity index (χ1) is 13.1. The summed E-state index contributed by atoms with van der Waals surface area (Å²) in [5.74, 6) is 0.970. The van der Waals surface area contributed by atoms with Gasteiger partial charge in [0, 0.05) is 5.02 Å². The highest BCUT2D eigenvalue weighted by molar-refractivity contribution is 6.30. The van der Waals surface area contributed by atoms with E-state index in [1.807, 2.05) is 49.4 Å². The lowest BCUT2D eigenvalue weighted by atomic mass is 10.1. The van der Waals surface area contributed by atoms with E-state index in [2.05, 4.69) is 16.3 Å². The predicted octanol–water partition coefficient (Wildman–Crippen LogP) is 1.93. The fourth-order valence-corrected chi connectivity index (χ4v) is 3.71. The molecule has 1 aliphatic rings. The zero-order valence-corrected chi connectivity index (χ0v) is 16.6. The number of carbonyl (C=O) groups excluding carboxylic acids is 1. The maximum atomic E-state index is 12.4. The lowest BCUT2D eigenvalue weighted by Gasteiger charge is -2.34. The van der Waals surface area contributed by atoms with Gasteiger partial charge in [-0.25, -0.2) is 0 Å². The molecule has 3 rings (SSSR count). The molecular formula is C21H27ClN3O2+. The first-order valence-electron chi connectivity index (χ1n) is 9.33. The maximum Gasteiger partial charge on any atom is 0.275 e. The molecule has 144 valence electrons. The van der Waals surface area contributed by atoms with Crippen molar-refractivity contribution < 1.29 is 14.4 Å². The molecule has 0 aliphatic carbocycles. The Labute approximate surface area is 165 Å². The van der Waals surface area contributed by atoms with Gasteiger partial charge in [-0.1, -0.05) is 35.9 Å². The van der Waals surface area contributed by atoms with E-state index in [4.69, 9.17) is 16.3 Å². The van der Waals surface area contributed by atoms with Gasteiger partial charge in [0.2, 0.25) is 0 Å². The number of methoxy groups -OCH3 is 1. The van der Waals surface area contributed by atoms with Crippen molar-refractivity contribution in [1.82, 2.24) is 5.32 Å². The van der Waals surface area contributed by atoms with E-state index < -0.39 is 0 Å². The molecule has 1 saturated heterocycles. The molecule has 2 N–H and O–H groups in total. The summed E-state index contributed by atoms with van der Waals surface area (Å²) >= 11 is 6.04. The van der Waals surface area contributed by atoms with Crippen LogP contribution in [0.5, 0.6) is 5.75 Å². The molecule has 6 heteroatoms. The summed E-state index contributed by atoms with van der Waals surface area (Å²) in [7, 11) is 1.70. The van der Waals surface area contributed by atoms with Crippen molar-refractivity contribution in [2.24, 2.45) is 0 Å². The van der Waals surface area contributed by atoms with Crippen molar-refractivity contribution >= 4 is 23.2 Å². The first-order valence-corrected chi connectivity index (χ1v) is 9.71. The minimum Gasteiger partial charge on any atom is -0.495 e. The third-order valence-electron chi connectivity index (χ3n) is 5.03. The summed E-state index contributed by atoms with van der Waals surface area (Å²) < 4.78 is 5.46. The van der Waals surface area contributed by atoms with Gasteiger partial charge in [0.05, 0.1) is 45.0 Å². The molecule has 1 fully saturated rings. The average molecular weight is 389 g/mol. The Bertz CT molecular complexity index is 776. The minimum absolute atomic E-state index is 0.0505. The van der Waals surface area contributed by atoms with E-state index in [1.54, 1.807) is 7.11 Å². The summed E-state index contributed by atoms with van der Waals surface area (Å²) in [6, 6.07) is 15.7. The summed E-state index contributed by atoms with van der Waals surface area (Å²) in [6.07, 6.45) is 0. The second kappa shape index (κ2) is 9.11. The van der Waals surface area contributed by atoms with E-state index in [-0.39, 0.29) is 11.9 Å². The molecule has 1 amide bonds. The fraction of sp³-hybridized carbons (Fsp3) is 0.381. The lowest BCUT2D eigenvalue weighted by molar-refractivity contribution is -0.892. The number of rotatable bonds is 6. The number of nitrogens with zero attached hydrogens (tertiary/aromatic N) is 1. The second-order valence-electron chi connectivity index (χ2n) is 6.93. The molecule has 1 atom stereocenters. The number of para-hydroxylation sites is 2. The molecule has 1 heterocycles. The van der Waals surface area contributed by atoms with Crippen molar-refractivity contribution in [3.05, 3.63) is 59.1 Å². The van der Waals surface area contributed by atoms with E-state index in [0.29, 0.717) is 11.6 Å². The van der Waals surface area contributed by atoms with Gasteiger partial charge >= 0.3 is 0 Å². The maximum absolute atomic E-state index is 12.4. The standard InChI is InChI=1S/C21H26ClN3O2/c1-16(17-6-5-7-18(22)14-17)23-21(26)15-24-10-12-25(13-11-24)19-8-3-4-9-20(19)27-2/h3-9,14,16H,10-13,15H2,1-2H3,(H,23,26)/p+1/t16-/m1/s1. The van der Waals surface area contributed by atoms with Gasteiger partial charge in [-0.15, -0.1) is 0 Å². The first kappa shape index (κ1) is 19.5. The Morgan fingerprint density at radius 1 is 1.22 bits per heavy atom. The molecule has 0 radical (unpaired) electrons. The quantitative estimate of drug-likeness (QED) is 0.795. The number of ether oxygens (including phenoxy) is 1. The Morgan fingerprint density at radius 3 is 2.67 bits per heavy atom. The molecule has 2 aromatic rings. The van der Waals surface area contributed by atoms with Crippen LogP contribution in [0.15, 0.2) is 48.5 Å². The number of piperazine rings is 1. The van der Waals surface area contributed by atoms with Crippen molar-refractivity contribution in [1.29, 1.82) is 0 Å². The number of anilines is 1. The highest BCUT2D eigenvalue weighted by Crippen LogP contribution is 2.27. The number of quaternary nitrogens is 1. The highest BCUT2D eigenvalue weighted by atomic mass is 35.5.